The van der Waals surface area contributed by atoms with Gasteiger partial charge in [-0.3, -0.25) is 4.79 Å². The van der Waals surface area contributed by atoms with E-state index in [4.69, 9.17) is 22.1 Å². The largest absolute Gasteiger partial charge is 0.496 e. The molecule has 0 bridgehead atoms. The van der Waals surface area contributed by atoms with E-state index in [0.29, 0.717) is 18.1 Å². The first kappa shape index (κ1) is 20.1. The molecule has 2 N–H and O–H groups in total. The molecule has 0 spiro atoms. The Hall–Kier alpha value is -0.930. The number of hydrogen-bond acceptors (Lipinski definition) is 2. The summed E-state index contributed by atoms with van der Waals surface area (Å²) in [5, 5.41) is 0. The molecule has 1 atom stereocenters. The highest BCUT2D eigenvalue weighted by Gasteiger charge is 2.24. The van der Waals surface area contributed by atoms with Crippen LogP contribution in [0.25, 0.3) is 0 Å². The molecule has 1 aromatic rings. The van der Waals surface area contributed by atoms with Gasteiger partial charge in [0, 0.05) is 11.4 Å². The molecule has 120 valence electrons. The minimum absolute atomic E-state index is 0. The predicted octanol–water partition coefficient (Wildman–Crippen LogP) is 4.00. The number of carbonyl (C=O) groups excluding carboxylic acids is 1. The fourth-order valence-electron chi connectivity index (χ4n) is 2.21. The molecular formula is C16H25Cl2NO2. The van der Waals surface area contributed by atoms with Gasteiger partial charge in [-0.15, -0.1) is 24.0 Å². The van der Waals surface area contributed by atoms with E-state index in [1.54, 1.807) is 7.11 Å². The van der Waals surface area contributed by atoms with Crippen LogP contribution in [0, 0.1) is 0 Å². The minimum atomic E-state index is -0.356. The first-order valence-electron chi connectivity index (χ1n) is 6.85. The lowest BCUT2D eigenvalue weighted by molar-refractivity contribution is -0.119. The molecule has 1 aromatic carbocycles. The lowest BCUT2D eigenvalue weighted by Gasteiger charge is -2.23. The first-order valence-corrected chi connectivity index (χ1v) is 7.38. The molecule has 0 fully saturated rings. The lowest BCUT2D eigenvalue weighted by atomic mass is 9.83. The third-order valence-corrected chi connectivity index (χ3v) is 3.71. The van der Waals surface area contributed by atoms with Crippen LogP contribution in [0.3, 0.4) is 0 Å². The summed E-state index contributed by atoms with van der Waals surface area (Å²) >= 11 is 5.73. The zero-order valence-electron chi connectivity index (χ0n) is 13.1. The zero-order chi connectivity index (χ0) is 15.3. The zero-order valence-corrected chi connectivity index (χ0v) is 14.7. The molecule has 0 aliphatic rings. The number of benzene rings is 1. The van der Waals surface area contributed by atoms with Crippen molar-refractivity contribution in [1.82, 2.24) is 0 Å². The summed E-state index contributed by atoms with van der Waals surface area (Å²) in [5.41, 5.74) is 7.58. The minimum Gasteiger partial charge on any atom is -0.496 e. The van der Waals surface area contributed by atoms with Gasteiger partial charge in [0.2, 0.25) is 5.91 Å². The van der Waals surface area contributed by atoms with Gasteiger partial charge < -0.3 is 10.5 Å². The van der Waals surface area contributed by atoms with Gasteiger partial charge in [0.15, 0.2) is 0 Å². The van der Waals surface area contributed by atoms with E-state index in [1.807, 2.05) is 18.2 Å². The van der Waals surface area contributed by atoms with Crippen LogP contribution in [0.4, 0.5) is 0 Å². The van der Waals surface area contributed by atoms with Gasteiger partial charge in [-0.2, -0.15) is 0 Å². The SMILES string of the molecule is COc1ccc(C(C)(C)C)cc1C(CCCCl)C(N)=O.Cl. The first-order chi connectivity index (χ1) is 9.31. The van der Waals surface area contributed by atoms with E-state index >= 15 is 0 Å². The summed E-state index contributed by atoms with van der Waals surface area (Å²) in [6.07, 6.45) is 1.39. The highest BCUT2D eigenvalue weighted by Crippen LogP contribution is 2.34. The van der Waals surface area contributed by atoms with Crippen LogP contribution >= 0.6 is 24.0 Å². The number of carbonyl (C=O) groups is 1. The van der Waals surface area contributed by atoms with E-state index in [2.05, 4.69) is 20.8 Å². The van der Waals surface area contributed by atoms with Crippen LogP contribution in [-0.2, 0) is 10.2 Å². The van der Waals surface area contributed by atoms with Crippen molar-refractivity contribution in [2.24, 2.45) is 5.73 Å². The predicted molar refractivity (Wildman–Crippen MR) is 90.8 cm³/mol. The second kappa shape index (κ2) is 8.50. The van der Waals surface area contributed by atoms with Crippen molar-refractivity contribution in [3.63, 3.8) is 0 Å². The van der Waals surface area contributed by atoms with E-state index in [9.17, 15) is 4.79 Å². The number of alkyl halides is 1. The van der Waals surface area contributed by atoms with E-state index in [-0.39, 0.29) is 29.6 Å². The maximum atomic E-state index is 11.8. The normalized spacial score (nSPS) is 12.4. The van der Waals surface area contributed by atoms with Crippen molar-refractivity contribution < 1.29 is 9.53 Å². The van der Waals surface area contributed by atoms with Gasteiger partial charge >= 0.3 is 0 Å². The third kappa shape index (κ3) is 5.40. The Kier molecular flexibility index (Phi) is 8.12. The fraction of sp³-hybridized carbons (Fsp3) is 0.562. The number of amides is 1. The molecule has 1 rings (SSSR count). The second-order valence-corrected chi connectivity index (χ2v) is 6.37. The van der Waals surface area contributed by atoms with Crippen molar-refractivity contribution in [3.8, 4) is 5.75 Å². The summed E-state index contributed by atoms with van der Waals surface area (Å²) in [5.74, 6) is 0.535. The third-order valence-electron chi connectivity index (χ3n) is 3.44. The van der Waals surface area contributed by atoms with E-state index in [0.717, 1.165) is 17.5 Å². The van der Waals surface area contributed by atoms with Gasteiger partial charge in [-0.05, 0) is 29.9 Å². The standard InChI is InChI=1S/C16H24ClNO2.ClH/c1-16(2,3)11-7-8-14(20-4)13(10-11)12(15(18)19)6-5-9-17;/h7-8,10,12H,5-6,9H2,1-4H3,(H2,18,19);1H. The quantitative estimate of drug-likeness (QED) is 0.800. The number of hydrogen-bond donors (Lipinski definition) is 1. The molecule has 0 heterocycles. The second-order valence-electron chi connectivity index (χ2n) is 5.99. The van der Waals surface area contributed by atoms with Crippen molar-refractivity contribution in [2.45, 2.75) is 44.9 Å². The molecule has 0 aromatic heterocycles. The van der Waals surface area contributed by atoms with Gasteiger partial charge in [-0.1, -0.05) is 32.9 Å². The molecule has 0 radical (unpaired) electrons. The smallest absolute Gasteiger partial charge is 0.225 e. The maximum Gasteiger partial charge on any atom is 0.225 e. The topological polar surface area (TPSA) is 52.3 Å². The highest BCUT2D eigenvalue weighted by atomic mass is 35.5. The van der Waals surface area contributed by atoms with Gasteiger partial charge in [0.1, 0.15) is 5.75 Å². The Bertz CT molecular complexity index is 470. The Morgan fingerprint density at radius 3 is 2.43 bits per heavy atom. The number of nitrogens with two attached hydrogens (primary N) is 1. The van der Waals surface area contributed by atoms with Crippen LogP contribution < -0.4 is 10.5 Å². The molecule has 3 nitrogen and oxygen atoms in total. The molecule has 21 heavy (non-hydrogen) atoms. The highest BCUT2D eigenvalue weighted by molar-refractivity contribution is 6.17. The van der Waals surface area contributed by atoms with Crippen LogP contribution in [0.5, 0.6) is 5.75 Å². The number of rotatable bonds is 6. The van der Waals surface area contributed by atoms with Crippen LogP contribution in [0.1, 0.15) is 50.7 Å². The average Bonchev–Trinajstić information content (AvgIpc) is 2.37. The summed E-state index contributed by atoms with van der Waals surface area (Å²) in [6, 6.07) is 5.97. The number of primary amides is 1. The van der Waals surface area contributed by atoms with Crippen molar-refractivity contribution >= 4 is 29.9 Å². The van der Waals surface area contributed by atoms with E-state index < -0.39 is 0 Å². The van der Waals surface area contributed by atoms with Crippen molar-refractivity contribution in [1.29, 1.82) is 0 Å². The van der Waals surface area contributed by atoms with Gasteiger partial charge in [0.25, 0.3) is 0 Å². The molecule has 0 saturated heterocycles. The van der Waals surface area contributed by atoms with E-state index in [1.165, 1.54) is 0 Å². The number of methoxy groups -OCH3 is 1. The lowest BCUT2D eigenvalue weighted by Crippen LogP contribution is -2.23. The van der Waals surface area contributed by atoms with Crippen LogP contribution in [0.2, 0.25) is 0 Å². The molecule has 1 unspecified atom stereocenters. The molecule has 0 aliphatic carbocycles. The maximum absolute atomic E-state index is 11.8. The summed E-state index contributed by atoms with van der Waals surface area (Å²) in [7, 11) is 1.61. The molecule has 0 aliphatic heterocycles. The Morgan fingerprint density at radius 2 is 2.00 bits per heavy atom. The Balaban J connectivity index is 0.00000400. The van der Waals surface area contributed by atoms with Gasteiger partial charge in [-0.25, -0.2) is 0 Å². The Morgan fingerprint density at radius 1 is 1.38 bits per heavy atom. The number of ether oxygens (including phenoxy) is 1. The molecule has 1 amide bonds. The molecule has 0 saturated carbocycles. The molecule has 5 heteroatoms. The van der Waals surface area contributed by atoms with Gasteiger partial charge in [0.05, 0.1) is 13.0 Å². The van der Waals surface area contributed by atoms with Crippen molar-refractivity contribution in [2.75, 3.05) is 13.0 Å². The van der Waals surface area contributed by atoms with Crippen molar-refractivity contribution in [3.05, 3.63) is 29.3 Å². The number of halogens is 2. The summed E-state index contributed by atoms with van der Waals surface area (Å²) in [6.45, 7) is 6.41. The monoisotopic (exact) mass is 333 g/mol. The molecular weight excluding hydrogens is 309 g/mol. The summed E-state index contributed by atoms with van der Waals surface area (Å²) < 4.78 is 5.38. The Labute approximate surface area is 138 Å². The van der Waals surface area contributed by atoms with Crippen LogP contribution in [-0.4, -0.2) is 18.9 Å². The summed E-state index contributed by atoms with van der Waals surface area (Å²) in [4.78, 5) is 11.8. The fourth-order valence-corrected chi connectivity index (χ4v) is 2.36. The van der Waals surface area contributed by atoms with Crippen LogP contribution in [0.15, 0.2) is 18.2 Å². The average molecular weight is 334 g/mol.